The van der Waals surface area contributed by atoms with Gasteiger partial charge in [0, 0.05) is 12.8 Å². The molecule has 0 aliphatic heterocycles. The topological polar surface area (TPSA) is 111 Å². The Balaban J connectivity index is 4.46. The number of rotatable bonds is 36. The molecule has 0 saturated carbocycles. The van der Waals surface area contributed by atoms with Crippen molar-refractivity contribution >= 4 is 19.8 Å². The zero-order chi connectivity index (χ0) is 37.9. The number of hydrogen-bond donors (Lipinski definition) is 0. The molecule has 2 atom stereocenters. The van der Waals surface area contributed by atoms with E-state index in [1.807, 2.05) is 21.1 Å². The number of carbonyl (C=O) groups is 2. The average molecular weight is 742 g/mol. The number of esters is 2. The Morgan fingerprint density at radius 1 is 0.608 bits per heavy atom. The first-order valence-electron chi connectivity index (χ1n) is 20.2. The highest BCUT2D eigenvalue weighted by molar-refractivity contribution is 7.45. The van der Waals surface area contributed by atoms with Gasteiger partial charge >= 0.3 is 11.9 Å². The number of phosphoric acid groups is 1. The molecule has 0 saturated heterocycles. The van der Waals surface area contributed by atoms with Crippen LogP contribution in [0.5, 0.6) is 0 Å². The van der Waals surface area contributed by atoms with Crippen LogP contribution in [-0.4, -0.2) is 70.0 Å². The molecular weight excluding hydrogens is 665 g/mol. The lowest BCUT2D eigenvalue weighted by atomic mass is 10.1. The molecule has 0 aromatic rings. The van der Waals surface area contributed by atoms with Crippen LogP contribution >= 0.6 is 7.82 Å². The van der Waals surface area contributed by atoms with E-state index in [2.05, 4.69) is 50.3 Å². The van der Waals surface area contributed by atoms with Gasteiger partial charge < -0.3 is 27.9 Å². The van der Waals surface area contributed by atoms with Crippen LogP contribution in [0.1, 0.15) is 162 Å². The van der Waals surface area contributed by atoms with Crippen molar-refractivity contribution in [1.82, 2.24) is 0 Å². The number of unbranched alkanes of at least 4 members (excludes halogenated alkanes) is 16. The maximum absolute atomic E-state index is 12.6. The highest BCUT2D eigenvalue weighted by Gasteiger charge is 2.21. The summed E-state index contributed by atoms with van der Waals surface area (Å²) in [5.41, 5.74) is 0. The van der Waals surface area contributed by atoms with Crippen LogP contribution in [0.25, 0.3) is 0 Å². The van der Waals surface area contributed by atoms with Crippen LogP contribution < -0.4 is 4.89 Å². The van der Waals surface area contributed by atoms with Gasteiger partial charge in [-0.05, 0) is 44.9 Å². The summed E-state index contributed by atoms with van der Waals surface area (Å²) in [7, 11) is 1.14. The molecule has 0 fully saturated rings. The van der Waals surface area contributed by atoms with Gasteiger partial charge in [-0.25, -0.2) is 0 Å². The van der Waals surface area contributed by atoms with E-state index in [9.17, 15) is 19.0 Å². The van der Waals surface area contributed by atoms with Gasteiger partial charge in [-0.1, -0.05) is 140 Å². The number of phosphoric ester groups is 1. The molecule has 1 unspecified atom stereocenters. The molecule has 9 nitrogen and oxygen atoms in total. The Kier molecular flexibility index (Phi) is 32.8. The zero-order valence-corrected chi connectivity index (χ0v) is 34.2. The van der Waals surface area contributed by atoms with E-state index in [0.717, 1.165) is 44.9 Å². The highest BCUT2D eigenvalue weighted by Crippen LogP contribution is 2.38. The predicted molar refractivity (Wildman–Crippen MR) is 208 cm³/mol. The van der Waals surface area contributed by atoms with Crippen molar-refractivity contribution in [3.8, 4) is 0 Å². The first-order valence-corrected chi connectivity index (χ1v) is 21.7. The van der Waals surface area contributed by atoms with Crippen molar-refractivity contribution in [3.63, 3.8) is 0 Å². The molecule has 0 aliphatic carbocycles. The SMILES string of the molecule is CCCCCCCC/C=C/C/C=C/C/C=C/CCCC(=O)OC[C@@H](COP(=O)([O-])OCC[N+](C)(C)C)OC(=O)CCCCCCCCCCCC. The van der Waals surface area contributed by atoms with Crippen molar-refractivity contribution in [2.75, 3.05) is 47.5 Å². The second-order valence-corrected chi connectivity index (χ2v) is 16.1. The number of quaternary nitrogens is 1. The number of nitrogens with zero attached hydrogens (tertiary/aromatic N) is 1. The summed E-state index contributed by atoms with van der Waals surface area (Å²) in [6.45, 7) is 4.13. The van der Waals surface area contributed by atoms with Crippen LogP contribution in [0, 0.1) is 0 Å². The first kappa shape index (κ1) is 49.2. The molecular formula is C41H76NO8P. The molecule has 0 aromatic heterocycles. The van der Waals surface area contributed by atoms with E-state index < -0.39 is 32.5 Å². The second kappa shape index (κ2) is 34.0. The molecule has 51 heavy (non-hydrogen) atoms. The molecule has 0 spiro atoms. The molecule has 0 bridgehead atoms. The second-order valence-electron chi connectivity index (χ2n) is 14.7. The number of ether oxygens (including phenoxy) is 2. The summed E-state index contributed by atoms with van der Waals surface area (Å²) in [4.78, 5) is 37.3. The lowest BCUT2D eigenvalue weighted by molar-refractivity contribution is -0.870. The summed E-state index contributed by atoms with van der Waals surface area (Å²) in [6, 6.07) is 0. The lowest BCUT2D eigenvalue weighted by Gasteiger charge is -2.28. The van der Waals surface area contributed by atoms with Crippen LogP contribution in [0.4, 0.5) is 0 Å². The molecule has 0 radical (unpaired) electrons. The maximum Gasteiger partial charge on any atom is 0.306 e. The molecule has 0 amide bonds. The summed E-state index contributed by atoms with van der Waals surface area (Å²) < 4.78 is 33.7. The van der Waals surface area contributed by atoms with E-state index in [4.69, 9.17) is 18.5 Å². The lowest BCUT2D eigenvalue weighted by Crippen LogP contribution is -2.37. The standard InChI is InChI=1S/C41H76NO8P/c1-6-8-10-12-14-16-18-19-20-21-22-23-24-26-27-29-31-33-40(43)47-37-39(38-49-51(45,46)48-36-35-42(3,4)5)50-41(44)34-32-30-28-25-17-15-13-11-9-7-2/h19-20,22-23,26-27,39H,6-18,21,24-25,28-38H2,1-5H3/b20-19+,23-22+,27-26+/t39-/m0/s1. The van der Waals surface area contributed by atoms with Gasteiger partial charge in [-0.3, -0.25) is 14.2 Å². The van der Waals surface area contributed by atoms with Gasteiger partial charge in [-0.15, -0.1) is 0 Å². The summed E-state index contributed by atoms with van der Waals surface area (Å²) in [5, 5.41) is 0. The Morgan fingerprint density at radius 2 is 1.08 bits per heavy atom. The van der Waals surface area contributed by atoms with Gasteiger partial charge in [0.25, 0.3) is 7.82 Å². The van der Waals surface area contributed by atoms with E-state index >= 15 is 0 Å². The van der Waals surface area contributed by atoms with Gasteiger partial charge in [-0.2, -0.15) is 0 Å². The minimum absolute atomic E-state index is 0.0378. The van der Waals surface area contributed by atoms with Gasteiger partial charge in [0.1, 0.15) is 19.8 Å². The molecule has 0 heterocycles. The minimum Gasteiger partial charge on any atom is -0.756 e. The monoisotopic (exact) mass is 742 g/mol. The highest BCUT2D eigenvalue weighted by atomic mass is 31.2. The van der Waals surface area contributed by atoms with E-state index in [1.165, 1.54) is 77.0 Å². The summed E-state index contributed by atoms with van der Waals surface area (Å²) in [6.07, 6.45) is 36.1. The normalized spacial score (nSPS) is 14.1. The van der Waals surface area contributed by atoms with Gasteiger partial charge in [0.15, 0.2) is 6.10 Å². The Labute approximate surface area is 312 Å². The van der Waals surface area contributed by atoms with Crippen LogP contribution in [0.15, 0.2) is 36.5 Å². The number of likely N-dealkylation sites (N-methyl/N-ethyl adjacent to an activating group) is 1. The van der Waals surface area contributed by atoms with Crippen molar-refractivity contribution in [2.24, 2.45) is 0 Å². The third-order valence-corrected chi connectivity index (χ3v) is 9.38. The molecule has 0 rings (SSSR count). The fourth-order valence-corrected chi connectivity index (χ4v) is 5.93. The third kappa shape index (κ3) is 37.8. The maximum atomic E-state index is 12.6. The smallest absolute Gasteiger partial charge is 0.306 e. The van der Waals surface area contributed by atoms with Crippen molar-refractivity contribution < 1.29 is 42.1 Å². The molecule has 298 valence electrons. The molecule has 0 aromatic carbocycles. The fraction of sp³-hybridized carbons (Fsp3) is 0.805. The Morgan fingerprint density at radius 3 is 1.63 bits per heavy atom. The Hall–Kier alpha value is -1.77. The van der Waals surface area contributed by atoms with Crippen molar-refractivity contribution in [1.29, 1.82) is 0 Å². The van der Waals surface area contributed by atoms with Crippen molar-refractivity contribution in [3.05, 3.63) is 36.5 Å². The van der Waals surface area contributed by atoms with Crippen LogP contribution in [0.2, 0.25) is 0 Å². The van der Waals surface area contributed by atoms with Crippen LogP contribution in [-0.2, 0) is 32.7 Å². The van der Waals surface area contributed by atoms with E-state index in [0.29, 0.717) is 23.9 Å². The third-order valence-electron chi connectivity index (χ3n) is 8.41. The fourth-order valence-electron chi connectivity index (χ4n) is 5.20. The minimum atomic E-state index is -4.63. The van der Waals surface area contributed by atoms with Crippen LogP contribution in [0.3, 0.4) is 0 Å². The van der Waals surface area contributed by atoms with Crippen molar-refractivity contribution in [2.45, 2.75) is 168 Å². The number of carbonyl (C=O) groups excluding carboxylic acids is 2. The summed E-state index contributed by atoms with van der Waals surface area (Å²) >= 11 is 0. The summed E-state index contributed by atoms with van der Waals surface area (Å²) in [5.74, 6) is -0.898. The first-order chi connectivity index (χ1) is 24.5. The zero-order valence-electron chi connectivity index (χ0n) is 33.3. The quantitative estimate of drug-likeness (QED) is 0.0205. The molecule has 0 aliphatic rings. The predicted octanol–water partition coefficient (Wildman–Crippen LogP) is 10.3. The Bertz CT molecular complexity index is 975. The largest absolute Gasteiger partial charge is 0.756 e. The number of allylic oxidation sites excluding steroid dienone is 6. The number of hydrogen-bond acceptors (Lipinski definition) is 8. The molecule has 0 N–H and O–H groups in total. The average Bonchev–Trinajstić information content (AvgIpc) is 3.07. The van der Waals surface area contributed by atoms with Gasteiger partial charge in [0.05, 0.1) is 27.7 Å². The molecule has 10 heteroatoms. The van der Waals surface area contributed by atoms with E-state index in [1.54, 1.807) is 0 Å². The van der Waals surface area contributed by atoms with Gasteiger partial charge in [0.2, 0.25) is 0 Å². The van der Waals surface area contributed by atoms with E-state index in [-0.39, 0.29) is 26.1 Å².